The lowest BCUT2D eigenvalue weighted by Crippen LogP contribution is -2.32. The van der Waals surface area contributed by atoms with E-state index < -0.39 is 0 Å². The molecule has 5 rings (SSSR count). The van der Waals surface area contributed by atoms with Gasteiger partial charge in [0.05, 0.1) is 21.8 Å². The zero-order valence-corrected chi connectivity index (χ0v) is 21.7. The highest BCUT2D eigenvalue weighted by Crippen LogP contribution is 2.41. The topological polar surface area (TPSA) is 70.4 Å². The number of carbonyl (C=O) groups is 1. The van der Waals surface area contributed by atoms with Crippen molar-refractivity contribution in [2.45, 2.75) is 18.5 Å². The molecule has 1 aliphatic rings. The minimum atomic E-state index is -0.367. The molecule has 2 aromatic carbocycles. The van der Waals surface area contributed by atoms with Crippen molar-refractivity contribution in [3.8, 4) is 11.3 Å². The van der Waals surface area contributed by atoms with E-state index in [1.165, 1.54) is 24.3 Å². The second-order valence-corrected chi connectivity index (χ2v) is 9.66. The summed E-state index contributed by atoms with van der Waals surface area (Å²) in [6.07, 6.45) is 1.88. The number of halogens is 3. The Kier molecular flexibility index (Phi) is 7.41. The summed E-state index contributed by atoms with van der Waals surface area (Å²) < 4.78 is 19.5. The summed E-state index contributed by atoms with van der Waals surface area (Å²) in [6.45, 7) is 0.329. The minimum absolute atomic E-state index is 0.158. The minimum Gasteiger partial charge on any atom is -0.459 e. The Hall–Kier alpha value is -3.46. The Morgan fingerprint density at radius 3 is 2.62 bits per heavy atom. The Bertz CT molecular complexity index is 1430. The van der Waals surface area contributed by atoms with Gasteiger partial charge in [-0.25, -0.2) is 4.39 Å². The number of furan rings is 1. The van der Waals surface area contributed by atoms with E-state index >= 15 is 0 Å². The summed E-state index contributed by atoms with van der Waals surface area (Å²) >= 11 is 17.9. The maximum Gasteiger partial charge on any atom is 0.226 e. The monoisotopic (exact) mass is 554 g/mol. The van der Waals surface area contributed by atoms with Crippen molar-refractivity contribution in [3.63, 3.8) is 0 Å². The number of pyridine rings is 1. The average molecular weight is 555 g/mol. The summed E-state index contributed by atoms with van der Waals surface area (Å²) in [7, 11) is 0. The molecule has 1 saturated heterocycles. The zero-order valence-electron chi connectivity index (χ0n) is 19.3. The molecule has 4 aromatic rings. The molecule has 0 bridgehead atoms. The normalized spacial score (nSPS) is 17.1. The third-order valence-corrected chi connectivity index (χ3v) is 7.12. The Balaban J connectivity index is 1.40. The first kappa shape index (κ1) is 25.2. The van der Waals surface area contributed by atoms with E-state index in [1.54, 1.807) is 18.3 Å². The van der Waals surface area contributed by atoms with Gasteiger partial charge in [-0.3, -0.25) is 9.78 Å². The Labute approximate surface area is 228 Å². The summed E-state index contributed by atoms with van der Waals surface area (Å²) in [4.78, 5) is 19.1. The van der Waals surface area contributed by atoms with Gasteiger partial charge < -0.3 is 20.0 Å². The molecule has 0 unspecified atom stereocenters. The van der Waals surface area contributed by atoms with Crippen molar-refractivity contribution in [2.24, 2.45) is 0 Å². The molecular weight excluding hydrogens is 534 g/mol. The predicted octanol–water partition coefficient (Wildman–Crippen LogP) is 6.79. The van der Waals surface area contributed by atoms with Gasteiger partial charge in [-0.05, 0) is 78.9 Å². The van der Waals surface area contributed by atoms with E-state index in [4.69, 9.17) is 39.8 Å². The van der Waals surface area contributed by atoms with Gasteiger partial charge in [0.2, 0.25) is 5.91 Å². The molecule has 0 spiro atoms. The van der Waals surface area contributed by atoms with E-state index in [2.05, 4.69) is 15.6 Å². The van der Waals surface area contributed by atoms with E-state index in [-0.39, 0.29) is 30.2 Å². The van der Waals surface area contributed by atoms with Gasteiger partial charge in [0, 0.05) is 30.4 Å². The number of thiocarbonyl (C=S) groups is 1. The predicted molar refractivity (Wildman–Crippen MR) is 146 cm³/mol. The number of nitrogens with zero attached hydrogens (tertiary/aromatic N) is 2. The maximum absolute atomic E-state index is 13.2. The zero-order chi connectivity index (χ0) is 25.9. The van der Waals surface area contributed by atoms with Gasteiger partial charge in [0.15, 0.2) is 5.11 Å². The van der Waals surface area contributed by atoms with Crippen molar-refractivity contribution in [1.29, 1.82) is 0 Å². The highest BCUT2D eigenvalue weighted by molar-refractivity contribution is 7.80. The smallest absolute Gasteiger partial charge is 0.226 e. The van der Waals surface area contributed by atoms with Crippen molar-refractivity contribution >= 4 is 52.1 Å². The highest BCUT2D eigenvalue weighted by Gasteiger charge is 2.41. The van der Waals surface area contributed by atoms with E-state index in [0.29, 0.717) is 38.9 Å². The van der Waals surface area contributed by atoms with Gasteiger partial charge >= 0.3 is 0 Å². The highest BCUT2D eigenvalue weighted by atomic mass is 35.5. The molecule has 2 atom stereocenters. The number of aromatic nitrogens is 1. The first-order valence-corrected chi connectivity index (χ1v) is 12.6. The summed E-state index contributed by atoms with van der Waals surface area (Å²) in [5, 5.41) is 7.50. The fraction of sp³-hybridized carbons (Fsp3) is 0.148. The number of carbonyl (C=O) groups excluding carboxylic acids is 1. The number of nitrogens with one attached hydrogen (secondary N) is 2. The van der Waals surface area contributed by atoms with Crippen molar-refractivity contribution in [3.05, 3.63) is 106 Å². The number of benzene rings is 2. The van der Waals surface area contributed by atoms with Gasteiger partial charge in [-0.2, -0.15) is 0 Å². The second kappa shape index (κ2) is 10.9. The largest absolute Gasteiger partial charge is 0.459 e. The van der Waals surface area contributed by atoms with E-state index in [0.717, 1.165) is 11.3 Å². The summed E-state index contributed by atoms with van der Waals surface area (Å²) in [6, 6.07) is 19.7. The molecule has 37 heavy (non-hydrogen) atoms. The van der Waals surface area contributed by atoms with Crippen LogP contribution in [-0.2, 0) is 4.79 Å². The molecule has 6 nitrogen and oxygen atoms in total. The van der Waals surface area contributed by atoms with Crippen molar-refractivity contribution < 1.29 is 13.6 Å². The van der Waals surface area contributed by atoms with E-state index in [9.17, 15) is 9.18 Å². The van der Waals surface area contributed by atoms with Gasteiger partial charge in [-0.15, -0.1) is 0 Å². The van der Waals surface area contributed by atoms with Crippen LogP contribution in [0.15, 0.2) is 83.4 Å². The number of anilines is 1. The third-order valence-electron chi connectivity index (χ3n) is 6.03. The molecule has 3 heterocycles. The lowest BCUT2D eigenvalue weighted by Gasteiger charge is -2.25. The number of hydrogen-bond acceptors (Lipinski definition) is 4. The SMILES string of the molecule is O=C(CCN1C(=S)N[C@@H](c2ccccn2)[C@H]1c1ccc(-c2ccc(Cl)c(Cl)c2)o1)Nc1ccc(F)cc1. The molecule has 1 aliphatic heterocycles. The number of amides is 1. The fourth-order valence-corrected chi connectivity index (χ4v) is 4.88. The Morgan fingerprint density at radius 2 is 1.89 bits per heavy atom. The van der Waals surface area contributed by atoms with Crippen LogP contribution in [0.25, 0.3) is 11.3 Å². The lowest BCUT2D eigenvalue weighted by atomic mass is 10.0. The van der Waals surface area contributed by atoms with Crippen LogP contribution < -0.4 is 10.6 Å². The Morgan fingerprint density at radius 1 is 1.08 bits per heavy atom. The first-order chi connectivity index (χ1) is 17.9. The summed E-state index contributed by atoms with van der Waals surface area (Å²) in [5.74, 6) is 0.696. The van der Waals surface area contributed by atoms with Crippen LogP contribution in [0.4, 0.5) is 10.1 Å². The van der Waals surface area contributed by atoms with Crippen LogP contribution in [0, 0.1) is 5.82 Å². The van der Waals surface area contributed by atoms with Crippen molar-refractivity contribution in [1.82, 2.24) is 15.2 Å². The molecule has 0 saturated carbocycles. The molecule has 0 aliphatic carbocycles. The molecular formula is C27H21Cl2FN4O2S. The summed E-state index contributed by atoms with van der Waals surface area (Å²) in [5.41, 5.74) is 2.10. The average Bonchev–Trinajstić information content (AvgIpc) is 3.51. The van der Waals surface area contributed by atoms with E-state index in [1.807, 2.05) is 41.3 Å². The van der Waals surface area contributed by atoms with Crippen LogP contribution in [-0.4, -0.2) is 27.4 Å². The first-order valence-electron chi connectivity index (χ1n) is 11.5. The van der Waals surface area contributed by atoms with Crippen LogP contribution in [0.5, 0.6) is 0 Å². The molecule has 1 fully saturated rings. The van der Waals surface area contributed by atoms with Gasteiger partial charge in [0.25, 0.3) is 0 Å². The molecule has 2 N–H and O–H groups in total. The quantitative estimate of drug-likeness (QED) is 0.245. The molecule has 188 valence electrons. The van der Waals surface area contributed by atoms with Crippen LogP contribution in [0.1, 0.15) is 30.0 Å². The molecule has 2 aromatic heterocycles. The number of rotatable bonds is 7. The fourth-order valence-electron chi connectivity index (χ4n) is 4.25. The molecule has 1 amide bonds. The van der Waals surface area contributed by atoms with Crippen LogP contribution in [0.3, 0.4) is 0 Å². The third kappa shape index (κ3) is 5.61. The lowest BCUT2D eigenvalue weighted by molar-refractivity contribution is -0.116. The van der Waals surface area contributed by atoms with Crippen LogP contribution >= 0.6 is 35.4 Å². The number of hydrogen-bond donors (Lipinski definition) is 2. The van der Waals surface area contributed by atoms with Gasteiger partial charge in [0.1, 0.15) is 23.4 Å². The second-order valence-electron chi connectivity index (χ2n) is 8.46. The molecule has 10 heteroatoms. The standard InChI is InChI=1S/C27H21Cl2FN4O2S/c28-19-9-4-16(15-20(19)29)22-10-11-23(36-22)26-25(21-3-1-2-13-31-21)33-27(37)34(26)14-12-24(35)32-18-7-5-17(30)6-8-18/h1-11,13,15,25-26H,12,14H2,(H,32,35)(H,33,37)/t25-,26+/m0/s1. The van der Waals surface area contributed by atoms with Crippen molar-refractivity contribution in [2.75, 3.05) is 11.9 Å². The maximum atomic E-state index is 13.2. The van der Waals surface area contributed by atoms with Gasteiger partial charge in [-0.1, -0.05) is 29.3 Å². The van der Waals surface area contributed by atoms with Crippen LogP contribution in [0.2, 0.25) is 10.0 Å². The molecule has 0 radical (unpaired) electrons.